The van der Waals surface area contributed by atoms with Crippen LogP contribution in [0, 0.1) is 0 Å². The molecular weight excluding hydrogens is 352 g/mol. The Morgan fingerprint density at radius 2 is 1.88 bits per heavy atom. The third-order valence-corrected chi connectivity index (χ3v) is 4.71. The lowest BCUT2D eigenvalue weighted by molar-refractivity contribution is -0.119. The molecule has 0 aliphatic rings. The van der Waals surface area contributed by atoms with Crippen molar-refractivity contribution in [3.05, 3.63) is 53.8 Å². The molecule has 3 N–H and O–H groups in total. The minimum atomic E-state index is -3.61. The summed E-state index contributed by atoms with van der Waals surface area (Å²) in [5.74, 6) is -0.246. The van der Waals surface area contributed by atoms with Gasteiger partial charge in [-0.15, -0.1) is 0 Å². The molecule has 9 heteroatoms. The quantitative estimate of drug-likeness (QED) is 0.609. The number of carbonyl (C=O) groups excluding carboxylic acids is 1. The minimum absolute atomic E-state index is 0.0790. The highest BCUT2D eigenvalue weighted by Crippen LogP contribution is 2.13. The predicted octanol–water partition coefficient (Wildman–Crippen LogP) is 1.24. The van der Waals surface area contributed by atoms with Gasteiger partial charge in [-0.1, -0.05) is 11.6 Å². The molecule has 0 fully saturated rings. The van der Waals surface area contributed by atoms with Gasteiger partial charge < -0.3 is 10.6 Å². The van der Waals surface area contributed by atoms with Crippen LogP contribution in [0.1, 0.15) is 0 Å². The Bertz CT molecular complexity index is 767. The van der Waals surface area contributed by atoms with E-state index in [-0.39, 0.29) is 30.4 Å². The van der Waals surface area contributed by atoms with E-state index >= 15 is 0 Å². The minimum Gasteiger partial charge on any atom is -0.375 e. The lowest BCUT2D eigenvalue weighted by atomic mass is 10.4. The summed E-state index contributed by atoms with van der Waals surface area (Å²) in [4.78, 5) is 15.7. The van der Waals surface area contributed by atoms with Crippen molar-refractivity contribution in [1.29, 1.82) is 0 Å². The molecule has 0 saturated carbocycles. The van der Waals surface area contributed by atoms with Gasteiger partial charge in [0.2, 0.25) is 15.9 Å². The van der Waals surface area contributed by atoms with Crippen LogP contribution in [-0.4, -0.2) is 38.9 Å². The van der Waals surface area contributed by atoms with E-state index in [1.54, 1.807) is 24.5 Å². The molecule has 1 amide bonds. The molecule has 0 aliphatic carbocycles. The second-order valence-electron chi connectivity index (χ2n) is 4.80. The summed E-state index contributed by atoms with van der Waals surface area (Å²) in [6.07, 6.45) is 3.24. The lowest BCUT2D eigenvalue weighted by Gasteiger charge is -2.09. The van der Waals surface area contributed by atoms with E-state index in [2.05, 4.69) is 20.3 Å². The number of anilines is 1. The van der Waals surface area contributed by atoms with E-state index in [0.29, 0.717) is 5.02 Å². The Labute approximate surface area is 145 Å². The van der Waals surface area contributed by atoms with Gasteiger partial charge in [0.05, 0.1) is 17.1 Å². The normalized spacial score (nSPS) is 11.0. The molecule has 1 aromatic carbocycles. The second-order valence-corrected chi connectivity index (χ2v) is 7.00. The number of sulfonamides is 1. The fourth-order valence-corrected chi connectivity index (χ4v) is 2.95. The molecule has 128 valence electrons. The van der Waals surface area contributed by atoms with E-state index in [1.165, 1.54) is 24.3 Å². The zero-order valence-corrected chi connectivity index (χ0v) is 14.3. The first-order valence-corrected chi connectivity index (χ1v) is 8.99. The second kappa shape index (κ2) is 8.62. The molecule has 7 nitrogen and oxygen atoms in total. The molecule has 1 heterocycles. The first-order valence-electron chi connectivity index (χ1n) is 7.13. The van der Waals surface area contributed by atoms with Crippen molar-refractivity contribution in [2.45, 2.75) is 4.90 Å². The van der Waals surface area contributed by atoms with Crippen molar-refractivity contribution in [2.75, 3.05) is 25.0 Å². The average Bonchev–Trinajstić information content (AvgIpc) is 2.58. The van der Waals surface area contributed by atoms with Crippen molar-refractivity contribution >= 4 is 33.2 Å². The van der Waals surface area contributed by atoms with Crippen molar-refractivity contribution in [3.63, 3.8) is 0 Å². The number of hydrogen-bond acceptors (Lipinski definition) is 5. The van der Waals surface area contributed by atoms with Crippen molar-refractivity contribution < 1.29 is 13.2 Å². The maximum Gasteiger partial charge on any atom is 0.240 e. The van der Waals surface area contributed by atoms with Gasteiger partial charge in [-0.3, -0.25) is 9.78 Å². The molecule has 2 aromatic rings. The fourth-order valence-electron chi connectivity index (χ4n) is 1.80. The molecule has 0 radical (unpaired) electrons. The van der Waals surface area contributed by atoms with Crippen LogP contribution in [0.2, 0.25) is 5.02 Å². The number of amides is 1. The Balaban J connectivity index is 1.70. The summed E-state index contributed by atoms with van der Waals surface area (Å²) in [6, 6.07) is 9.39. The van der Waals surface area contributed by atoms with Gasteiger partial charge in [-0.2, -0.15) is 0 Å². The van der Waals surface area contributed by atoms with Crippen LogP contribution in [0.3, 0.4) is 0 Å². The molecule has 0 unspecified atom stereocenters. The van der Waals surface area contributed by atoms with E-state index in [9.17, 15) is 13.2 Å². The van der Waals surface area contributed by atoms with Crippen molar-refractivity contribution in [2.24, 2.45) is 0 Å². The Morgan fingerprint density at radius 3 is 2.54 bits per heavy atom. The molecule has 2 rings (SSSR count). The summed E-state index contributed by atoms with van der Waals surface area (Å²) in [5, 5.41) is 5.98. The van der Waals surface area contributed by atoms with E-state index < -0.39 is 10.0 Å². The predicted molar refractivity (Wildman–Crippen MR) is 92.4 cm³/mol. The fraction of sp³-hybridized carbons (Fsp3) is 0.200. The number of nitrogens with one attached hydrogen (secondary N) is 3. The Hall–Kier alpha value is -2.16. The zero-order valence-electron chi connectivity index (χ0n) is 12.7. The number of benzene rings is 1. The van der Waals surface area contributed by atoms with Gasteiger partial charge in [0, 0.05) is 30.5 Å². The molecule has 0 saturated heterocycles. The Morgan fingerprint density at radius 1 is 1.12 bits per heavy atom. The third kappa shape index (κ3) is 5.80. The topological polar surface area (TPSA) is 100 Å². The lowest BCUT2D eigenvalue weighted by Crippen LogP contribution is -2.37. The number of pyridine rings is 1. The number of aromatic nitrogens is 1. The molecule has 0 atom stereocenters. The maximum absolute atomic E-state index is 12.0. The highest BCUT2D eigenvalue weighted by molar-refractivity contribution is 7.89. The van der Waals surface area contributed by atoms with Crippen molar-refractivity contribution in [3.8, 4) is 0 Å². The number of hydrogen-bond donors (Lipinski definition) is 3. The summed E-state index contributed by atoms with van der Waals surface area (Å²) in [5.41, 5.74) is 0.732. The third-order valence-electron chi connectivity index (χ3n) is 2.98. The van der Waals surface area contributed by atoms with Crippen LogP contribution in [0.25, 0.3) is 0 Å². The van der Waals surface area contributed by atoms with Gasteiger partial charge >= 0.3 is 0 Å². The van der Waals surface area contributed by atoms with Crippen LogP contribution in [-0.2, 0) is 14.8 Å². The van der Waals surface area contributed by atoms with Crippen LogP contribution < -0.4 is 15.4 Å². The summed E-state index contributed by atoms with van der Waals surface area (Å²) in [7, 11) is -3.61. The van der Waals surface area contributed by atoms with E-state index in [1.807, 2.05) is 0 Å². The number of rotatable bonds is 8. The van der Waals surface area contributed by atoms with Gasteiger partial charge in [-0.05, 0) is 36.4 Å². The highest BCUT2D eigenvalue weighted by Gasteiger charge is 2.12. The van der Waals surface area contributed by atoms with Crippen LogP contribution in [0.5, 0.6) is 0 Å². The SMILES string of the molecule is O=C(CNc1cccnc1)NCCNS(=O)(=O)c1ccc(Cl)cc1. The molecule has 0 spiro atoms. The monoisotopic (exact) mass is 368 g/mol. The van der Waals surface area contributed by atoms with Gasteiger partial charge in [-0.25, -0.2) is 13.1 Å². The van der Waals surface area contributed by atoms with E-state index in [4.69, 9.17) is 11.6 Å². The molecule has 1 aromatic heterocycles. The highest BCUT2D eigenvalue weighted by atomic mass is 35.5. The smallest absolute Gasteiger partial charge is 0.240 e. The summed E-state index contributed by atoms with van der Waals surface area (Å²) < 4.78 is 26.4. The molecule has 24 heavy (non-hydrogen) atoms. The average molecular weight is 369 g/mol. The van der Waals surface area contributed by atoms with E-state index in [0.717, 1.165) is 5.69 Å². The number of halogens is 1. The summed E-state index contributed by atoms with van der Waals surface area (Å²) in [6.45, 7) is 0.347. The van der Waals surface area contributed by atoms with Crippen LogP contribution in [0.4, 0.5) is 5.69 Å². The van der Waals surface area contributed by atoms with Crippen LogP contribution >= 0.6 is 11.6 Å². The standard InChI is InChI=1S/C15H17ClN4O3S/c16-12-3-5-14(6-4-12)24(22,23)20-9-8-18-15(21)11-19-13-2-1-7-17-10-13/h1-7,10,19-20H,8-9,11H2,(H,18,21). The van der Waals surface area contributed by atoms with Crippen LogP contribution in [0.15, 0.2) is 53.7 Å². The van der Waals surface area contributed by atoms with Crippen molar-refractivity contribution in [1.82, 2.24) is 15.0 Å². The largest absolute Gasteiger partial charge is 0.375 e. The zero-order chi connectivity index (χ0) is 17.4. The number of carbonyl (C=O) groups is 1. The van der Waals surface area contributed by atoms with Gasteiger partial charge in [0.25, 0.3) is 0 Å². The molecule has 0 bridgehead atoms. The number of nitrogens with zero attached hydrogens (tertiary/aromatic N) is 1. The van der Waals surface area contributed by atoms with Gasteiger partial charge in [0.1, 0.15) is 0 Å². The first kappa shape index (κ1) is 18.2. The maximum atomic E-state index is 12.0. The first-order chi connectivity index (χ1) is 11.5. The molecular formula is C15H17ClN4O3S. The Kier molecular flexibility index (Phi) is 6.53. The molecule has 0 aliphatic heterocycles. The van der Waals surface area contributed by atoms with Gasteiger partial charge in [0.15, 0.2) is 0 Å². The summed E-state index contributed by atoms with van der Waals surface area (Å²) >= 11 is 5.72.